The van der Waals surface area contributed by atoms with Crippen LogP contribution in [-0.4, -0.2) is 25.6 Å². The Labute approximate surface area is 94.6 Å². The quantitative estimate of drug-likeness (QED) is 0.833. The first kappa shape index (κ1) is 10.8. The maximum Gasteiger partial charge on any atom is 0.338 e. The van der Waals surface area contributed by atoms with Crippen LogP contribution in [0, 0.1) is 17.1 Å². The molecule has 0 aliphatic heterocycles. The van der Waals surface area contributed by atoms with E-state index in [4.69, 9.17) is 10.4 Å². The van der Waals surface area contributed by atoms with Crippen molar-refractivity contribution in [3.05, 3.63) is 41.9 Å². The third kappa shape index (κ3) is 1.72. The summed E-state index contributed by atoms with van der Waals surface area (Å²) in [6.45, 7) is 0. The van der Waals surface area contributed by atoms with Gasteiger partial charge >= 0.3 is 5.97 Å². The van der Waals surface area contributed by atoms with Crippen LogP contribution in [0.4, 0.5) is 4.39 Å². The minimum absolute atomic E-state index is 0.0704. The van der Waals surface area contributed by atoms with E-state index in [1.807, 2.05) is 0 Å². The molecule has 0 spiro atoms. The molecule has 2 rings (SSSR count). The van der Waals surface area contributed by atoms with Crippen molar-refractivity contribution in [1.82, 2.24) is 14.5 Å². The highest BCUT2D eigenvalue weighted by atomic mass is 19.1. The number of hydrogen-bond donors (Lipinski definition) is 1. The van der Waals surface area contributed by atoms with Crippen LogP contribution in [0.1, 0.15) is 16.2 Å². The molecule has 0 saturated carbocycles. The Morgan fingerprint density at radius 1 is 1.47 bits per heavy atom. The molecule has 0 fully saturated rings. The van der Waals surface area contributed by atoms with Gasteiger partial charge in [-0.25, -0.2) is 19.2 Å². The minimum Gasteiger partial charge on any atom is -0.478 e. The number of carboxylic acid groups (broad SMARTS) is 1. The molecule has 17 heavy (non-hydrogen) atoms. The van der Waals surface area contributed by atoms with E-state index in [9.17, 15) is 9.18 Å². The second-order valence-corrected chi connectivity index (χ2v) is 3.03. The number of imidazole rings is 1. The Kier molecular flexibility index (Phi) is 2.54. The smallest absolute Gasteiger partial charge is 0.338 e. The predicted octanol–water partition coefficient (Wildman–Crippen LogP) is 0.976. The fraction of sp³-hybridized carbons (Fsp3) is 0. The summed E-state index contributed by atoms with van der Waals surface area (Å²) in [5, 5.41) is 17.5. The molecule has 0 bridgehead atoms. The number of halogens is 1. The van der Waals surface area contributed by atoms with E-state index in [-0.39, 0.29) is 11.6 Å². The van der Waals surface area contributed by atoms with E-state index in [0.29, 0.717) is 0 Å². The van der Waals surface area contributed by atoms with E-state index in [0.717, 1.165) is 16.8 Å². The average molecular weight is 232 g/mol. The summed E-state index contributed by atoms with van der Waals surface area (Å²) >= 11 is 0. The molecular formula is C10H5FN4O2. The second-order valence-electron chi connectivity index (χ2n) is 3.03. The van der Waals surface area contributed by atoms with Gasteiger partial charge in [-0.3, -0.25) is 4.57 Å². The topological polar surface area (TPSA) is 91.8 Å². The zero-order valence-electron chi connectivity index (χ0n) is 8.33. The van der Waals surface area contributed by atoms with Gasteiger partial charge in [-0.2, -0.15) is 5.26 Å². The zero-order valence-corrected chi connectivity index (χ0v) is 8.33. The summed E-state index contributed by atoms with van der Waals surface area (Å²) in [5.74, 6) is -2.74. The molecule has 0 amide bonds. The minimum atomic E-state index is -1.40. The summed E-state index contributed by atoms with van der Waals surface area (Å²) in [5.41, 5.74) is -0.507. The van der Waals surface area contributed by atoms with Gasteiger partial charge in [0.2, 0.25) is 5.82 Å². The van der Waals surface area contributed by atoms with Crippen LogP contribution in [0.5, 0.6) is 0 Å². The summed E-state index contributed by atoms with van der Waals surface area (Å²) in [7, 11) is 0. The molecule has 0 radical (unpaired) electrons. The highest BCUT2D eigenvalue weighted by Crippen LogP contribution is 2.15. The van der Waals surface area contributed by atoms with Crippen LogP contribution in [-0.2, 0) is 0 Å². The summed E-state index contributed by atoms with van der Waals surface area (Å²) in [6.07, 6.45) is 3.78. The van der Waals surface area contributed by atoms with Crippen LogP contribution in [0.15, 0.2) is 24.7 Å². The zero-order chi connectivity index (χ0) is 12.4. The molecule has 0 unspecified atom stereocenters. The molecule has 0 saturated heterocycles. The van der Waals surface area contributed by atoms with Gasteiger partial charge in [-0.15, -0.1) is 0 Å². The van der Waals surface area contributed by atoms with Crippen LogP contribution in [0.3, 0.4) is 0 Å². The van der Waals surface area contributed by atoms with Gasteiger partial charge in [0.1, 0.15) is 11.6 Å². The molecule has 7 heteroatoms. The standard InChI is InChI=1S/C10H5FN4O2/c11-8-6(10(16)17)1-2-14-9(8)15-4-3-13-7(15)5-12/h1-4H,(H,16,17). The Morgan fingerprint density at radius 2 is 2.24 bits per heavy atom. The molecule has 0 atom stereocenters. The van der Waals surface area contributed by atoms with Gasteiger partial charge in [0, 0.05) is 18.6 Å². The first-order valence-corrected chi connectivity index (χ1v) is 4.46. The number of aromatic nitrogens is 3. The third-order valence-corrected chi connectivity index (χ3v) is 2.07. The van der Waals surface area contributed by atoms with Crippen molar-refractivity contribution in [3.8, 4) is 11.9 Å². The Balaban J connectivity index is 2.66. The third-order valence-electron chi connectivity index (χ3n) is 2.07. The number of nitriles is 1. The maximum atomic E-state index is 13.8. The van der Waals surface area contributed by atoms with Crippen molar-refractivity contribution in [2.75, 3.05) is 0 Å². The van der Waals surface area contributed by atoms with Crippen molar-refractivity contribution in [2.45, 2.75) is 0 Å². The number of nitrogens with zero attached hydrogens (tertiary/aromatic N) is 4. The SMILES string of the molecule is N#Cc1nccn1-c1nccc(C(=O)O)c1F. The molecule has 2 aromatic heterocycles. The van der Waals surface area contributed by atoms with E-state index in [2.05, 4.69) is 9.97 Å². The van der Waals surface area contributed by atoms with Crippen molar-refractivity contribution in [3.63, 3.8) is 0 Å². The number of carboxylic acids is 1. The van der Waals surface area contributed by atoms with Gasteiger partial charge in [0.25, 0.3) is 0 Å². The Hall–Kier alpha value is -2.75. The fourth-order valence-electron chi connectivity index (χ4n) is 1.32. The average Bonchev–Trinajstić information content (AvgIpc) is 2.76. The lowest BCUT2D eigenvalue weighted by molar-refractivity contribution is 0.0691. The molecule has 1 N–H and O–H groups in total. The van der Waals surface area contributed by atoms with Gasteiger partial charge in [-0.05, 0) is 6.07 Å². The van der Waals surface area contributed by atoms with Gasteiger partial charge in [-0.1, -0.05) is 0 Å². The van der Waals surface area contributed by atoms with Crippen molar-refractivity contribution in [2.24, 2.45) is 0 Å². The number of pyridine rings is 1. The van der Waals surface area contributed by atoms with E-state index in [1.165, 1.54) is 12.4 Å². The van der Waals surface area contributed by atoms with E-state index in [1.54, 1.807) is 6.07 Å². The van der Waals surface area contributed by atoms with Crippen molar-refractivity contribution >= 4 is 5.97 Å². The van der Waals surface area contributed by atoms with E-state index >= 15 is 0 Å². The molecule has 0 aromatic carbocycles. The molecular weight excluding hydrogens is 227 g/mol. The van der Waals surface area contributed by atoms with Crippen LogP contribution < -0.4 is 0 Å². The maximum absolute atomic E-state index is 13.8. The molecule has 2 heterocycles. The Morgan fingerprint density at radius 3 is 2.88 bits per heavy atom. The lowest BCUT2D eigenvalue weighted by atomic mass is 10.2. The summed E-state index contributed by atoms with van der Waals surface area (Å²) in [4.78, 5) is 18.1. The van der Waals surface area contributed by atoms with Crippen molar-refractivity contribution in [1.29, 1.82) is 5.26 Å². The number of carbonyl (C=O) groups is 1. The Bertz CT molecular complexity index is 629. The normalized spacial score (nSPS) is 9.88. The largest absolute Gasteiger partial charge is 0.478 e. The van der Waals surface area contributed by atoms with Crippen molar-refractivity contribution < 1.29 is 14.3 Å². The number of rotatable bonds is 2. The van der Waals surface area contributed by atoms with Gasteiger partial charge in [0.05, 0.1) is 0 Å². The molecule has 0 aliphatic rings. The predicted molar refractivity (Wildman–Crippen MR) is 53.0 cm³/mol. The summed E-state index contributed by atoms with van der Waals surface area (Å²) in [6, 6.07) is 2.79. The highest BCUT2D eigenvalue weighted by molar-refractivity contribution is 5.88. The van der Waals surface area contributed by atoms with E-state index < -0.39 is 17.3 Å². The second kappa shape index (κ2) is 4.02. The lowest BCUT2D eigenvalue weighted by Gasteiger charge is -2.05. The van der Waals surface area contributed by atoms with Gasteiger partial charge < -0.3 is 5.11 Å². The first-order chi connectivity index (χ1) is 8.15. The van der Waals surface area contributed by atoms with Crippen LogP contribution in [0.2, 0.25) is 0 Å². The van der Waals surface area contributed by atoms with Gasteiger partial charge in [0.15, 0.2) is 11.6 Å². The molecule has 6 nitrogen and oxygen atoms in total. The molecule has 2 aromatic rings. The lowest BCUT2D eigenvalue weighted by Crippen LogP contribution is -2.08. The monoisotopic (exact) mass is 232 g/mol. The number of hydrogen-bond acceptors (Lipinski definition) is 4. The van der Waals surface area contributed by atoms with Crippen LogP contribution >= 0.6 is 0 Å². The number of aromatic carboxylic acids is 1. The summed E-state index contributed by atoms with van der Waals surface area (Å²) < 4.78 is 14.9. The first-order valence-electron chi connectivity index (χ1n) is 4.46. The fourth-order valence-corrected chi connectivity index (χ4v) is 1.32. The molecule has 84 valence electrons. The molecule has 0 aliphatic carbocycles. The highest BCUT2D eigenvalue weighted by Gasteiger charge is 2.17. The van der Waals surface area contributed by atoms with Crippen LogP contribution in [0.25, 0.3) is 5.82 Å².